The Kier molecular flexibility index (Phi) is 5.59. The third-order valence-electron chi connectivity index (χ3n) is 5.51. The van der Waals surface area contributed by atoms with E-state index in [4.69, 9.17) is 16.1 Å². The smallest absolute Gasteiger partial charge is 0.326 e. The fourth-order valence-corrected chi connectivity index (χ4v) is 4.03. The molecule has 6 nitrogen and oxygen atoms in total. The van der Waals surface area contributed by atoms with Gasteiger partial charge in [-0.3, -0.25) is 4.90 Å². The zero-order chi connectivity index (χ0) is 23.8. The summed E-state index contributed by atoms with van der Waals surface area (Å²) in [5, 5.41) is 7.48. The lowest BCUT2D eigenvalue weighted by atomic mass is 9.94. The fraction of sp³-hybridized carbons (Fsp3) is 0.0800. The number of amides is 2. The van der Waals surface area contributed by atoms with Crippen LogP contribution in [-0.2, 0) is 0 Å². The van der Waals surface area contributed by atoms with Crippen molar-refractivity contribution in [3.05, 3.63) is 107 Å². The van der Waals surface area contributed by atoms with Crippen molar-refractivity contribution in [1.29, 1.82) is 0 Å². The minimum atomic E-state index is -0.683. The van der Waals surface area contributed by atoms with Gasteiger partial charge in [0.15, 0.2) is 0 Å². The Morgan fingerprint density at radius 3 is 2.44 bits per heavy atom. The second-order valence-corrected chi connectivity index (χ2v) is 8.11. The summed E-state index contributed by atoms with van der Waals surface area (Å²) < 4.78 is 32.9. The van der Waals surface area contributed by atoms with Crippen LogP contribution in [0.3, 0.4) is 0 Å². The van der Waals surface area contributed by atoms with Gasteiger partial charge in [-0.15, -0.1) is 0 Å². The van der Waals surface area contributed by atoms with Crippen LogP contribution in [0, 0.1) is 11.6 Å². The van der Waals surface area contributed by atoms with Crippen molar-refractivity contribution in [2.45, 2.75) is 13.0 Å². The lowest BCUT2D eigenvalue weighted by Gasteiger charge is -2.35. The molecule has 1 aliphatic rings. The van der Waals surface area contributed by atoms with Crippen LogP contribution in [0.1, 0.15) is 24.4 Å². The molecule has 1 aromatic heterocycles. The molecule has 1 N–H and O–H groups in total. The van der Waals surface area contributed by atoms with Crippen molar-refractivity contribution >= 4 is 28.9 Å². The van der Waals surface area contributed by atoms with Crippen molar-refractivity contribution in [3.8, 4) is 11.4 Å². The average molecular weight is 479 g/mol. The molecule has 2 heterocycles. The monoisotopic (exact) mass is 478 g/mol. The lowest BCUT2D eigenvalue weighted by Crippen LogP contribution is -2.46. The SMILES string of the molecule is CC1=C(c2nc(-c3cccc(F)c3)no2)C(c2ccc(F)cc2)NC(=O)N1c1ccc(Cl)cc1. The van der Waals surface area contributed by atoms with Gasteiger partial charge in [0.25, 0.3) is 5.89 Å². The molecule has 1 aliphatic heterocycles. The predicted molar refractivity (Wildman–Crippen MR) is 124 cm³/mol. The summed E-state index contributed by atoms with van der Waals surface area (Å²) in [5.74, 6) is -0.489. The fourth-order valence-electron chi connectivity index (χ4n) is 3.90. The van der Waals surface area contributed by atoms with Crippen molar-refractivity contribution in [1.82, 2.24) is 15.5 Å². The molecule has 3 aromatic carbocycles. The largest absolute Gasteiger partial charge is 0.334 e. The minimum Gasteiger partial charge on any atom is -0.334 e. The van der Waals surface area contributed by atoms with Crippen molar-refractivity contribution < 1.29 is 18.1 Å². The Hall–Kier alpha value is -4.04. The number of carbonyl (C=O) groups is 1. The van der Waals surface area contributed by atoms with E-state index in [0.717, 1.165) is 0 Å². The molecule has 9 heteroatoms. The second kappa shape index (κ2) is 8.72. The third-order valence-corrected chi connectivity index (χ3v) is 5.76. The average Bonchev–Trinajstić information content (AvgIpc) is 3.30. The molecule has 0 saturated carbocycles. The number of urea groups is 1. The summed E-state index contributed by atoms with van der Waals surface area (Å²) in [6.07, 6.45) is 0. The van der Waals surface area contributed by atoms with Crippen molar-refractivity contribution in [2.75, 3.05) is 4.90 Å². The molecule has 0 radical (unpaired) electrons. The summed E-state index contributed by atoms with van der Waals surface area (Å²) in [4.78, 5) is 19.1. The van der Waals surface area contributed by atoms with E-state index in [2.05, 4.69) is 15.5 Å². The van der Waals surface area contributed by atoms with Gasteiger partial charge in [-0.05, 0) is 61.0 Å². The van der Waals surface area contributed by atoms with Crippen LogP contribution in [0.4, 0.5) is 19.3 Å². The van der Waals surface area contributed by atoms with E-state index in [1.807, 2.05) is 0 Å². The Labute approximate surface area is 198 Å². The van der Waals surface area contributed by atoms with E-state index in [1.54, 1.807) is 55.5 Å². The predicted octanol–water partition coefficient (Wildman–Crippen LogP) is 6.37. The normalized spacial score (nSPS) is 16.1. The van der Waals surface area contributed by atoms with Crippen LogP contribution in [0.25, 0.3) is 17.0 Å². The van der Waals surface area contributed by atoms with E-state index in [-0.39, 0.29) is 17.7 Å². The highest BCUT2D eigenvalue weighted by molar-refractivity contribution is 6.30. The minimum absolute atomic E-state index is 0.144. The number of aromatic nitrogens is 2. The van der Waals surface area contributed by atoms with Gasteiger partial charge in [0.1, 0.15) is 11.6 Å². The molecular weight excluding hydrogens is 462 g/mol. The third kappa shape index (κ3) is 4.04. The van der Waals surface area contributed by atoms with Gasteiger partial charge in [-0.1, -0.05) is 41.0 Å². The van der Waals surface area contributed by atoms with Gasteiger partial charge < -0.3 is 9.84 Å². The first-order valence-electron chi connectivity index (χ1n) is 10.3. The summed E-state index contributed by atoms with van der Waals surface area (Å²) in [6, 6.07) is 17.3. The van der Waals surface area contributed by atoms with Crippen LogP contribution in [-0.4, -0.2) is 16.2 Å². The Balaban J connectivity index is 1.65. The van der Waals surface area contributed by atoms with Gasteiger partial charge in [0, 0.05) is 16.3 Å². The molecule has 0 aliphatic carbocycles. The first-order chi connectivity index (χ1) is 16.4. The van der Waals surface area contributed by atoms with Gasteiger partial charge in [0.2, 0.25) is 5.82 Å². The Bertz CT molecular complexity index is 1400. The number of hydrogen-bond donors (Lipinski definition) is 1. The Morgan fingerprint density at radius 1 is 1.00 bits per heavy atom. The molecule has 2 amide bonds. The lowest BCUT2D eigenvalue weighted by molar-refractivity contribution is 0.244. The quantitative estimate of drug-likeness (QED) is 0.370. The van der Waals surface area contributed by atoms with E-state index in [1.165, 1.54) is 29.2 Å². The van der Waals surface area contributed by atoms with E-state index >= 15 is 0 Å². The number of hydrogen-bond acceptors (Lipinski definition) is 4. The first-order valence-corrected chi connectivity index (χ1v) is 10.7. The number of halogens is 3. The van der Waals surface area contributed by atoms with E-state index in [9.17, 15) is 13.6 Å². The van der Waals surface area contributed by atoms with Crippen molar-refractivity contribution in [3.63, 3.8) is 0 Å². The maximum atomic E-state index is 13.7. The summed E-state index contributed by atoms with van der Waals surface area (Å²) in [7, 11) is 0. The maximum Gasteiger partial charge on any atom is 0.326 e. The zero-order valence-corrected chi connectivity index (χ0v) is 18.6. The highest BCUT2D eigenvalue weighted by atomic mass is 35.5. The standard InChI is InChI=1S/C25H17ClF2N4O2/c1-14-21(24-30-23(31-34-24)16-3-2-4-19(28)13-16)22(15-5-9-18(27)10-6-15)29-25(33)32(14)20-11-7-17(26)8-12-20/h2-13,22H,1H3,(H,29,33). The topological polar surface area (TPSA) is 71.3 Å². The van der Waals surface area contributed by atoms with Gasteiger partial charge >= 0.3 is 6.03 Å². The number of anilines is 1. The number of carbonyl (C=O) groups excluding carboxylic acids is 1. The molecule has 0 spiro atoms. The number of nitrogens with zero attached hydrogens (tertiary/aromatic N) is 3. The molecular formula is C25H17ClF2N4O2. The second-order valence-electron chi connectivity index (χ2n) is 7.68. The molecule has 0 fully saturated rings. The number of allylic oxidation sites excluding steroid dienone is 1. The summed E-state index contributed by atoms with van der Waals surface area (Å²) >= 11 is 6.01. The zero-order valence-electron chi connectivity index (χ0n) is 17.8. The number of rotatable bonds is 4. The summed E-state index contributed by atoms with van der Waals surface area (Å²) in [6.45, 7) is 1.76. The van der Waals surface area contributed by atoms with Crippen LogP contribution in [0.5, 0.6) is 0 Å². The van der Waals surface area contributed by atoms with Gasteiger partial charge in [-0.2, -0.15) is 4.98 Å². The molecule has 34 heavy (non-hydrogen) atoms. The van der Waals surface area contributed by atoms with E-state index in [0.29, 0.717) is 33.1 Å². The molecule has 1 atom stereocenters. The molecule has 1 unspecified atom stereocenters. The Morgan fingerprint density at radius 2 is 1.74 bits per heavy atom. The highest BCUT2D eigenvalue weighted by Gasteiger charge is 2.36. The molecule has 170 valence electrons. The highest BCUT2D eigenvalue weighted by Crippen LogP contribution is 2.39. The van der Waals surface area contributed by atoms with Crippen molar-refractivity contribution in [2.24, 2.45) is 0 Å². The van der Waals surface area contributed by atoms with Crippen LogP contribution < -0.4 is 10.2 Å². The molecule has 0 saturated heterocycles. The number of benzene rings is 3. The van der Waals surface area contributed by atoms with E-state index < -0.39 is 17.7 Å². The molecule has 5 rings (SSSR count). The van der Waals surface area contributed by atoms with Crippen LogP contribution in [0.15, 0.2) is 83.0 Å². The first kappa shape index (κ1) is 21.8. The van der Waals surface area contributed by atoms with Gasteiger partial charge in [0.05, 0.1) is 17.3 Å². The number of nitrogens with one attached hydrogen (secondary N) is 1. The molecule has 0 bridgehead atoms. The molecule has 4 aromatic rings. The van der Waals surface area contributed by atoms with Crippen LogP contribution >= 0.6 is 11.6 Å². The van der Waals surface area contributed by atoms with Gasteiger partial charge in [-0.25, -0.2) is 13.6 Å². The maximum absolute atomic E-state index is 13.7. The van der Waals surface area contributed by atoms with Crippen LogP contribution in [0.2, 0.25) is 5.02 Å². The summed E-state index contributed by atoms with van der Waals surface area (Å²) in [5.41, 5.74) is 2.72.